The van der Waals surface area contributed by atoms with Gasteiger partial charge < -0.3 is 5.73 Å². The second-order valence-electron chi connectivity index (χ2n) is 4.41. The SMILES string of the molecule is Cc1cccc(F)c1NS(=O)(=O)c1c(C)csc1CN. The summed E-state index contributed by atoms with van der Waals surface area (Å²) in [5.41, 5.74) is 6.66. The van der Waals surface area contributed by atoms with E-state index in [9.17, 15) is 12.8 Å². The zero-order chi connectivity index (χ0) is 14.9. The summed E-state index contributed by atoms with van der Waals surface area (Å²) in [4.78, 5) is 0.705. The summed E-state index contributed by atoms with van der Waals surface area (Å²) >= 11 is 1.28. The Hall–Kier alpha value is -1.44. The van der Waals surface area contributed by atoms with E-state index in [1.54, 1.807) is 25.3 Å². The van der Waals surface area contributed by atoms with E-state index in [0.717, 1.165) is 0 Å². The van der Waals surface area contributed by atoms with E-state index in [2.05, 4.69) is 4.72 Å². The van der Waals surface area contributed by atoms with Gasteiger partial charge in [0.2, 0.25) is 0 Å². The van der Waals surface area contributed by atoms with Crippen LogP contribution in [0.1, 0.15) is 16.0 Å². The van der Waals surface area contributed by atoms with E-state index in [-0.39, 0.29) is 17.1 Å². The number of thiophene rings is 1. The molecule has 0 bridgehead atoms. The third kappa shape index (κ3) is 2.70. The molecule has 0 radical (unpaired) electrons. The summed E-state index contributed by atoms with van der Waals surface area (Å²) in [5.74, 6) is -0.601. The van der Waals surface area contributed by atoms with Crippen LogP contribution in [0, 0.1) is 19.7 Å². The van der Waals surface area contributed by atoms with E-state index in [1.807, 2.05) is 0 Å². The first kappa shape index (κ1) is 15.0. The van der Waals surface area contributed by atoms with Gasteiger partial charge in [-0.15, -0.1) is 11.3 Å². The molecule has 7 heteroatoms. The van der Waals surface area contributed by atoms with E-state index in [1.165, 1.54) is 23.5 Å². The number of rotatable bonds is 4. The molecule has 0 aliphatic heterocycles. The van der Waals surface area contributed by atoms with Crippen molar-refractivity contribution < 1.29 is 12.8 Å². The van der Waals surface area contributed by atoms with Crippen molar-refractivity contribution >= 4 is 27.0 Å². The van der Waals surface area contributed by atoms with Crippen LogP contribution in [-0.4, -0.2) is 8.42 Å². The fourth-order valence-electron chi connectivity index (χ4n) is 1.94. The van der Waals surface area contributed by atoms with Gasteiger partial charge in [0.25, 0.3) is 10.0 Å². The summed E-state index contributed by atoms with van der Waals surface area (Å²) in [6.07, 6.45) is 0. The quantitative estimate of drug-likeness (QED) is 0.911. The number of hydrogen-bond acceptors (Lipinski definition) is 4. The molecule has 2 rings (SSSR count). The van der Waals surface area contributed by atoms with Crippen molar-refractivity contribution in [1.29, 1.82) is 0 Å². The summed E-state index contributed by atoms with van der Waals surface area (Å²) in [5, 5.41) is 1.73. The lowest BCUT2D eigenvalue weighted by molar-refractivity contribution is 0.597. The van der Waals surface area contributed by atoms with Crippen LogP contribution in [0.4, 0.5) is 10.1 Å². The summed E-state index contributed by atoms with van der Waals surface area (Å²) in [6, 6.07) is 4.39. The lowest BCUT2D eigenvalue weighted by Gasteiger charge is -2.12. The molecule has 0 aliphatic rings. The lowest BCUT2D eigenvalue weighted by Crippen LogP contribution is -2.17. The molecule has 0 amide bonds. The summed E-state index contributed by atoms with van der Waals surface area (Å²) in [6.45, 7) is 3.47. The number of halogens is 1. The van der Waals surface area contributed by atoms with Gasteiger partial charge in [0.05, 0.1) is 5.69 Å². The predicted molar refractivity (Wildman–Crippen MR) is 78.9 cm³/mol. The van der Waals surface area contributed by atoms with Gasteiger partial charge >= 0.3 is 0 Å². The van der Waals surface area contributed by atoms with Crippen LogP contribution >= 0.6 is 11.3 Å². The Labute approximate surface area is 121 Å². The number of aryl methyl sites for hydroxylation is 2. The average Bonchev–Trinajstić information content (AvgIpc) is 2.76. The normalized spacial score (nSPS) is 11.6. The Morgan fingerprint density at radius 3 is 2.60 bits per heavy atom. The molecule has 0 atom stereocenters. The number of benzene rings is 1. The second-order valence-corrected chi connectivity index (χ2v) is 7.00. The molecular weight excluding hydrogens is 299 g/mol. The number of hydrogen-bond donors (Lipinski definition) is 2. The van der Waals surface area contributed by atoms with Crippen molar-refractivity contribution in [3.05, 3.63) is 45.4 Å². The second kappa shape index (κ2) is 5.51. The average molecular weight is 314 g/mol. The number of nitrogens with one attached hydrogen (secondary N) is 1. The fourth-order valence-corrected chi connectivity index (χ4v) is 4.78. The van der Waals surface area contributed by atoms with Crippen molar-refractivity contribution in [1.82, 2.24) is 0 Å². The Kier molecular flexibility index (Phi) is 4.12. The maximum absolute atomic E-state index is 13.8. The fraction of sp³-hybridized carbons (Fsp3) is 0.231. The minimum absolute atomic E-state index is 0.0268. The molecule has 0 saturated heterocycles. The van der Waals surface area contributed by atoms with Crippen molar-refractivity contribution in [2.75, 3.05) is 4.72 Å². The molecule has 108 valence electrons. The first-order valence-corrected chi connectivity index (χ1v) is 8.28. The molecule has 3 N–H and O–H groups in total. The first-order chi connectivity index (χ1) is 9.36. The minimum atomic E-state index is -3.85. The Bertz CT molecular complexity index is 719. The number of nitrogens with two attached hydrogens (primary N) is 1. The molecule has 0 unspecified atom stereocenters. The lowest BCUT2D eigenvalue weighted by atomic mass is 10.2. The van der Waals surface area contributed by atoms with Crippen molar-refractivity contribution in [3.63, 3.8) is 0 Å². The Balaban J connectivity index is 2.49. The highest BCUT2D eigenvalue weighted by Gasteiger charge is 2.24. The molecule has 1 aromatic heterocycles. The first-order valence-electron chi connectivity index (χ1n) is 5.91. The highest BCUT2D eigenvalue weighted by molar-refractivity contribution is 7.93. The molecule has 20 heavy (non-hydrogen) atoms. The monoisotopic (exact) mass is 314 g/mol. The van der Waals surface area contributed by atoms with Gasteiger partial charge in [0, 0.05) is 11.4 Å². The molecule has 2 aromatic rings. The van der Waals surface area contributed by atoms with E-state index in [0.29, 0.717) is 16.0 Å². The number of sulfonamides is 1. The van der Waals surface area contributed by atoms with Crippen LogP contribution in [0.5, 0.6) is 0 Å². The Morgan fingerprint density at radius 2 is 2.00 bits per heavy atom. The number of para-hydroxylation sites is 1. The molecule has 4 nitrogen and oxygen atoms in total. The predicted octanol–water partition coefficient (Wildman–Crippen LogP) is 2.76. The molecule has 0 spiro atoms. The third-order valence-electron chi connectivity index (χ3n) is 2.90. The largest absolute Gasteiger partial charge is 0.326 e. The molecule has 0 saturated carbocycles. The van der Waals surface area contributed by atoms with E-state index >= 15 is 0 Å². The van der Waals surface area contributed by atoms with Crippen LogP contribution < -0.4 is 10.5 Å². The van der Waals surface area contributed by atoms with Gasteiger partial charge in [-0.25, -0.2) is 12.8 Å². The zero-order valence-corrected chi connectivity index (χ0v) is 12.7. The third-order valence-corrected chi connectivity index (χ3v) is 5.74. The van der Waals surface area contributed by atoms with Crippen LogP contribution in [0.3, 0.4) is 0 Å². The van der Waals surface area contributed by atoms with Crippen LogP contribution in [-0.2, 0) is 16.6 Å². The molecule has 0 aliphatic carbocycles. The summed E-state index contributed by atoms with van der Waals surface area (Å²) in [7, 11) is -3.85. The maximum atomic E-state index is 13.8. The highest BCUT2D eigenvalue weighted by atomic mass is 32.2. The smallest absolute Gasteiger partial charge is 0.263 e. The van der Waals surface area contributed by atoms with Gasteiger partial charge in [-0.2, -0.15) is 0 Å². The maximum Gasteiger partial charge on any atom is 0.263 e. The van der Waals surface area contributed by atoms with Gasteiger partial charge in [-0.1, -0.05) is 12.1 Å². The van der Waals surface area contributed by atoms with Crippen LogP contribution in [0.2, 0.25) is 0 Å². The molecule has 0 fully saturated rings. The number of anilines is 1. The van der Waals surface area contributed by atoms with Gasteiger partial charge in [0.1, 0.15) is 10.7 Å². The van der Waals surface area contributed by atoms with Gasteiger partial charge in [-0.05, 0) is 36.4 Å². The van der Waals surface area contributed by atoms with Crippen molar-refractivity contribution in [2.45, 2.75) is 25.3 Å². The molecular formula is C13H15FN2O2S2. The van der Waals surface area contributed by atoms with Crippen molar-refractivity contribution in [3.8, 4) is 0 Å². The molecule has 1 aromatic carbocycles. The highest BCUT2D eigenvalue weighted by Crippen LogP contribution is 2.29. The van der Waals surface area contributed by atoms with Gasteiger partial charge in [0.15, 0.2) is 0 Å². The topological polar surface area (TPSA) is 72.2 Å². The zero-order valence-electron chi connectivity index (χ0n) is 11.1. The van der Waals surface area contributed by atoms with Crippen LogP contribution in [0.15, 0.2) is 28.5 Å². The van der Waals surface area contributed by atoms with E-state index in [4.69, 9.17) is 5.73 Å². The minimum Gasteiger partial charge on any atom is -0.326 e. The van der Waals surface area contributed by atoms with Crippen LogP contribution in [0.25, 0.3) is 0 Å². The summed E-state index contributed by atoms with van der Waals surface area (Å²) < 4.78 is 41.0. The van der Waals surface area contributed by atoms with E-state index < -0.39 is 15.8 Å². The molecule has 1 heterocycles. The van der Waals surface area contributed by atoms with Gasteiger partial charge in [-0.3, -0.25) is 4.72 Å². The van der Waals surface area contributed by atoms with Crippen molar-refractivity contribution in [2.24, 2.45) is 5.73 Å². The standard InChI is InChI=1S/C13H15FN2O2S2/c1-8-4-3-5-10(14)12(8)16-20(17,18)13-9(2)7-19-11(13)6-15/h3-5,7,16H,6,15H2,1-2H3. The Morgan fingerprint density at radius 1 is 1.30 bits per heavy atom.